The molecule has 0 aromatic carbocycles. The Kier molecular flexibility index (Phi) is 7.51. The molecule has 2 N–H and O–H groups in total. The fourth-order valence-electron chi connectivity index (χ4n) is 2.98. The smallest absolute Gasteiger partial charge is 0.167 e. The van der Waals surface area contributed by atoms with Gasteiger partial charge in [-0.05, 0) is 63.7 Å². The summed E-state index contributed by atoms with van der Waals surface area (Å²) in [5.41, 5.74) is 5.32. The minimum atomic E-state index is 0.634. The molecule has 0 radical (unpaired) electrons. The molecule has 2 rings (SSSR count). The van der Waals surface area contributed by atoms with Crippen molar-refractivity contribution in [3.05, 3.63) is 40.5 Å². The van der Waals surface area contributed by atoms with Crippen molar-refractivity contribution < 1.29 is 4.79 Å². The number of nitrogens with zero attached hydrogens (tertiary/aromatic N) is 2. The molecule has 0 atom stereocenters. The molecule has 0 bridgehead atoms. The predicted molar refractivity (Wildman–Crippen MR) is 105 cm³/mol. The third-order valence-electron chi connectivity index (χ3n) is 4.40. The van der Waals surface area contributed by atoms with Crippen LogP contribution in [-0.4, -0.2) is 42.6 Å². The van der Waals surface area contributed by atoms with E-state index in [1.807, 2.05) is 20.3 Å². The summed E-state index contributed by atoms with van der Waals surface area (Å²) in [5, 5.41) is 3.10. The summed E-state index contributed by atoms with van der Waals surface area (Å²) in [4.78, 5) is 21.1. The summed E-state index contributed by atoms with van der Waals surface area (Å²) < 4.78 is 0. The van der Waals surface area contributed by atoms with E-state index in [4.69, 9.17) is 0 Å². The van der Waals surface area contributed by atoms with Crippen molar-refractivity contribution >= 4 is 18.7 Å². The maximum atomic E-state index is 11.0. The number of allylic oxidation sites excluding steroid dienone is 3. The highest BCUT2D eigenvalue weighted by Crippen LogP contribution is 2.15. The second-order valence-corrected chi connectivity index (χ2v) is 6.58. The van der Waals surface area contributed by atoms with Crippen LogP contribution >= 0.6 is 0 Å². The highest BCUT2D eigenvalue weighted by Gasteiger charge is 2.10. The van der Waals surface area contributed by atoms with Crippen LogP contribution in [0.5, 0.6) is 0 Å². The number of rotatable bonds is 9. The zero-order valence-electron chi connectivity index (χ0n) is 15.6. The lowest BCUT2D eigenvalue weighted by Gasteiger charge is -2.17. The normalized spacial score (nSPS) is 15.2. The number of aldehydes is 1. The van der Waals surface area contributed by atoms with Crippen LogP contribution in [0.4, 0.5) is 0 Å². The maximum Gasteiger partial charge on any atom is 0.167 e. The van der Waals surface area contributed by atoms with Crippen molar-refractivity contribution in [2.45, 2.75) is 46.0 Å². The number of aromatic nitrogens is 1. The van der Waals surface area contributed by atoms with Gasteiger partial charge in [0.05, 0.1) is 17.7 Å². The number of H-pyrrole nitrogens is 1. The first-order chi connectivity index (χ1) is 12.1. The molecule has 2 heterocycles. The summed E-state index contributed by atoms with van der Waals surface area (Å²) in [6.45, 7) is 6.00. The van der Waals surface area contributed by atoms with E-state index in [0.29, 0.717) is 5.70 Å². The lowest BCUT2D eigenvalue weighted by Crippen LogP contribution is -2.23. The average Bonchev–Trinajstić information content (AvgIpc) is 2.97. The number of carbonyl (C=O) groups is 1. The molecule has 0 unspecified atom stereocenters. The number of aryl methyl sites for hydroxylation is 2. The third-order valence-corrected chi connectivity index (χ3v) is 4.40. The fourth-order valence-corrected chi connectivity index (χ4v) is 2.98. The van der Waals surface area contributed by atoms with Gasteiger partial charge < -0.3 is 15.2 Å². The van der Waals surface area contributed by atoms with Gasteiger partial charge in [-0.1, -0.05) is 6.08 Å². The van der Waals surface area contributed by atoms with Gasteiger partial charge in [0.1, 0.15) is 0 Å². The van der Waals surface area contributed by atoms with Crippen LogP contribution in [0.1, 0.15) is 49.6 Å². The Hall–Kier alpha value is -2.30. The fraction of sp³-hybridized carbons (Fsp3) is 0.500. The Morgan fingerprint density at radius 3 is 2.96 bits per heavy atom. The van der Waals surface area contributed by atoms with Gasteiger partial charge in [0.25, 0.3) is 0 Å². The van der Waals surface area contributed by atoms with E-state index in [1.54, 1.807) is 0 Å². The molecule has 5 nitrogen and oxygen atoms in total. The molecular weight excluding hydrogens is 312 g/mol. The van der Waals surface area contributed by atoms with E-state index in [0.717, 1.165) is 57.2 Å². The van der Waals surface area contributed by atoms with E-state index < -0.39 is 0 Å². The van der Waals surface area contributed by atoms with Crippen molar-refractivity contribution in [3.8, 4) is 0 Å². The standard InChI is InChI=1S/C20H30N4O/c1-4-8-18-16(2)13-17(23-18)9-5-6-12-24(3)15-22-19-10-7-11-21-20(19)14-25/h4,8,13-15,21,23H,5-7,9-12H2,1-3H3/b8-4-,22-15?. The minimum Gasteiger partial charge on any atom is -0.381 e. The summed E-state index contributed by atoms with van der Waals surface area (Å²) >= 11 is 0. The lowest BCUT2D eigenvalue weighted by molar-refractivity contribution is -0.105. The lowest BCUT2D eigenvalue weighted by atomic mass is 10.1. The zero-order chi connectivity index (χ0) is 18.1. The van der Waals surface area contributed by atoms with Crippen LogP contribution in [0.3, 0.4) is 0 Å². The number of hydrogen-bond donors (Lipinski definition) is 2. The van der Waals surface area contributed by atoms with Crippen molar-refractivity contribution in [2.24, 2.45) is 4.99 Å². The third kappa shape index (κ3) is 5.93. The molecule has 136 valence electrons. The molecule has 1 aliphatic heterocycles. The van der Waals surface area contributed by atoms with Gasteiger partial charge in [-0.3, -0.25) is 4.79 Å². The molecule has 0 aliphatic carbocycles. The molecule has 0 fully saturated rings. The second-order valence-electron chi connectivity index (χ2n) is 6.58. The zero-order valence-corrected chi connectivity index (χ0v) is 15.6. The van der Waals surface area contributed by atoms with Crippen LogP contribution in [0.2, 0.25) is 0 Å². The van der Waals surface area contributed by atoms with Gasteiger partial charge in [-0.2, -0.15) is 0 Å². The van der Waals surface area contributed by atoms with Gasteiger partial charge in [0.15, 0.2) is 6.29 Å². The number of nitrogens with one attached hydrogen (secondary N) is 2. The molecule has 1 aromatic heterocycles. The Morgan fingerprint density at radius 1 is 1.36 bits per heavy atom. The summed E-state index contributed by atoms with van der Waals surface area (Å²) in [7, 11) is 2.03. The van der Waals surface area contributed by atoms with Gasteiger partial charge in [0, 0.05) is 31.5 Å². The number of aliphatic imine (C=N–C) groups is 1. The van der Waals surface area contributed by atoms with Gasteiger partial charge in [-0.15, -0.1) is 0 Å². The topological polar surface area (TPSA) is 60.5 Å². The van der Waals surface area contributed by atoms with E-state index in [1.165, 1.54) is 17.0 Å². The van der Waals surface area contributed by atoms with Crippen molar-refractivity contribution in [2.75, 3.05) is 20.1 Å². The second kappa shape index (κ2) is 9.87. The van der Waals surface area contributed by atoms with E-state index in [2.05, 4.69) is 45.3 Å². The van der Waals surface area contributed by atoms with Crippen molar-refractivity contribution in [3.63, 3.8) is 0 Å². The predicted octanol–water partition coefficient (Wildman–Crippen LogP) is 3.43. The Balaban J connectivity index is 1.74. The summed E-state index contributed by atoms with van der Waals surface area (Å²) in [6.07, 6.45) is 12.1. The van der Waals surface area contributed by atoms with E-state index in [9.17, 15) is 4.79 Å². The molecule has 0 saturated heterocycles. The van der Waals surface area contributed by atoms with E-state index in [-0.39, 0.29) is 0 Å². The number of aromatic amines is 1. The van der Waals surface area contributed by atoms with Gasteiger partial charge >= 0.3 is 0 Å². The molecule has 0 spiro atoms. The van der Waals surface area contributed by atoms with Crippen LogP contribution in [-0.2, 0) is 11.2 Å². The minimum absolute atomic E-state index is 0.634. The molecule has 25 heavy (non-hydrogen) atoms. The largest absolute Gasteiger partial charge is 0.381 e. The molecule has 0 saturated carbocycles. The maximum absolute atomic E-state index is 11.0. The molecular formula is C20H30N4O. The Morgan fingerprint density at radius 2 is 2.20 bits per heavy atom. The average molecular weight is 342 g/mol. The SMILES string of the molecule is C/C=C\c1[nH]c(CCCCN(C)C=NC2=C(C=O)NCCC2)cc1C. The molecule has 1 aliphatic rings. The highest BCUT2D eigenvalue weighted by molar-refractivity contribution is 5.74. The highest BCUT2D eigenvalue weighted by atomic mass is 16.1. The Bertz CT molecular complexity index is 655. The van der Waals surface area contributed by atoms with Crippen LogP contribution in [0.25, 0.3) is 6.08 Å². The van der Waals surface area contributed by atoms with E-state index >= 15 is 0 Å². The number of unbranched alkanes of at least 4 members (excludes halogenated alkanes) is 1. The monoisotopic (exact) mass is 342 g/mol. The molecule has 0 amide bonds. The van der Waals surface area contributed by atoms with Crippen LogP contribution in [0, 0.1) is 6.92 Å². The van der Waals surface area contributed by atoms with Crippen molar-refractivity contribution in [1.82, 2.24) is 15.2 Å². The van der Waals surface area contributed by atoms with Crippen molar-refractivity contribution in [1.29, 1.82) is 0 Å². The first-order valence-electron chi connectivity index (χ1n) is 9.12. The van der Waals surface area contributed by atoms with Gasteiger partial charge in [-0.25, -0.2) is 4.99 Å². The summed E-state index contributed by atoms with van der Waals surface area (Å²) in [5.74, 6) is 0. The molecule has 1 aromatic rings. The first kappa shape index (κ1) is 19.0. The van der Waals surface area contributed by atoms with Crippen LogP contribution in [0.15, 0.2) is 28.5 Å². The Labute approximate surface area is 150 Å². The first-order valence-corrected chi connectivity index (χ1v) is 9.12. The number of carbonyl (C=O) groups excluding carboxylic acids is 1. The van der Waals surface area contributed by atoms with Crippen LogP contribution < -0.4 is 5.32 Å². The molecule has 5 heteroatoms. The quantitative estimate of drug-likeness (QED) is 0.313. The summed E-state index contributed by atoms with van der Waals surface area (Å²) in [6, 6.07) is 2.24. The van der Waals surface area contributed by atoms with Gasteiger partial charge in [0.2, 0.25) is 0 Å². The number of hydrogen-bond acceptors (Lipinski definition) is 3.